The Morgan fingerprint density at radius 1 is 1.30 bits per heavy atom. The van der Waals surface area contributed by atoms with Crippen molar-refractivity contribution in [2.75, 3.05) is 19.7 Å². The maximum Gasteiger partial charge on any atom is 0.322 e. The minimum Gasteiger partial charge on any atom is -0.378 e. The normalized spacial score (nSPS) is 34.8. The van der Waals surface area contributed by atoms with Gasteiger partial charge < -0.3 is 15.0 Å². The summed E-state index contributed by atoms with van der Waals surface area (Å²) in [5.41, 5.74) is -0.844. The van der Waals surface area contributed by atoms with E-state index in [2.05, 4.69) is 10.6 Å². The molecule has 1 saturated carbocycles. The van der Waals surface area contributed by atoms with E-state index >= 15 is 0 Å². The fraction of sp³-hybridized carbons (Fsp3) is 0.812. The molecule has 128 valence electrons. The molecule has 1 unspecified atom stereocenters. The molecule has 0 aromatic rings. The molecule has 3 fully saturated rings. The Hall–Kier alpha value is -1.63. The highest BCUT2D eigenvalue weighted by Crippen LogP contribution is 2.35. The van der Waals surface area contributed by atoms with Gasteiger partial charge in [0.05, 0.1) is 6.10 Å². The number of nitrogens with zero attached hydrogens (tertiary/aromatic N) is 1. The summed E-state index contributed by atoms with van der Waals surface area (Å²) in [6.45, 7) is 5.74. The van der Waals surface area contributed by atoms with E-state index in [0.717, 1.165) is 25.7 Å². The monoisotopic (exact) mass is 323 g/mol. The number of carbonyl (C=O) groups is 3. The van der Waals surface area contributed by atoms with Crippen molar-refractivity contribution >= 4 is 17.8 Å². The first-order valence-electron chi connectivity index (χ1n) is 8.48. The first-order valence-corrected chi connectivity index (χ1v) is 8.48. The minimum absolute atomic E-state index is 0.0653. The maximum absolute atomic E-state index is 12.5. The fourth-order valence-corrected chi connectivity index (χ4v) is 3.92. The molecule has 2 heterocycles. The molecule has 23 heavy (non-hydrogen) atoms. The number of carbonyl (C=O) groups excluding carboxylic acids is 3. The van der Waals surface area contributed by atoms with Crippen molar-refractivity contribution in [3.8, 4) is 0 Å². The second-order valence-electron chi connectivity index (χ2n) is 6.96. The van der Waals surface area contributed by atoms with E-state index in [1.165, 1.54) is 0 Å². The zero-order valence-corrected chi connectivity index (χ0v) is 13.8. The van der Waals surface area contributed by atoms with Gasteiger partial charge in [0.2, 0.25) is 5.91 Å². The number of rotatable bonds is 4. The van der Waals surface area contributed by atoms with Crippen LogP contribution in [0.5, 0.6) is 0 Å². The molecule has 3 aliphatic rings. The minimum atomic E-state index is -0.844. The van der Waals surface area contributed by atoms with Crippen LogP contribution in [0.3, 0.4) is 0 Å². The van der Waals surface area contributed by atoms with E-state index in [0.29, 0.717) is 19.7 Å². The van der Waals surface area contributed by atoms with Gasteiger partial charge in [0.15, 0.2) is 0 Å². The van der Waals surface area contributed by atoms with Gasteiger partial charge in [-0.05, 0) is 45.4 Å². The van der Waals surface area contributed by atoms with Crippen molar-refractivity contribution in [1.82, 2.24) is 15.5 Å². The average Bonchev–Trinajstić information content (AvgIpc) is 2.76. The van der Waals surface area contributed by atoms with Crippen LogP contribution >= 0.6 is 0 Å². The molecule has 2 saturated heterocycles. The Morgan fingerprint density at radius 3 is 2.48 bits per heavy atom. The highest BCUT2D eigenvalue weighted by Gasteiger charge is 2.49. The Balaban J connectivity index is 1.50. The molecule has 0 bridgehead atoms. The summed E-state index contributed by atoms with van der Waals surface area (Å²) in [5.74, 6) is 0.110. The Morgan fingerprint density at radius 2 is 1.96 bits per heavy atom. The highest BCUT2D eigenvalue weighted by molar-refractivity contribution is 6.07. The zero-order chi connectivity index (χ0) is 16.6. The lowest BCUT2D eigenvalue weighted by atomic mass is 9.77. The number of piperidine rings is 1. The van der Waals surface area contributed by atoms with Crippen LogP contribution < -0.4 is 10.6 Å². The van der Waals surface area contributed by atoms with Crippen LogP contribution in [0.25, 0.3) is 0 Å². The van der Waals surface area contributed by atoms with E-state index in [1.807, 2.05) is 11.8 Å². The lowest BCUT2D eigenvalue weighted by Crippen LogP contribution is -2.55. The number of likely N-dealkylation sites (tertiary alicyclic amines) is 1. The molecule has 7 heteroatoms. The third-order valence-corrected chi connectivity index (χ3v) is 5.54. The van der Waals surface area contributed by atoms with Gasteiger partial charge in [-0.15, -0.1) is 0 Å². The van der Waals surface area contributed by atoms with Crippen LogP contribution in [0.4, 0.5) is 4.79 Å². The van der Waals surface area contributed by atoms with Crippen LogP contribution in [0.2, 0.25) is 0 Å². The van der Waals surface area contributed by atoms with Crippen molar-refractivity contribution < 1.29 is 19.1 Å². The van der Waals surface area contributed by atoms with Crippen molar-refractivity contribution in [3.63, 3.8) is 0 Å². The van der Waals surface area contributed by atoms with Gasteiger partial charge in [0.1, 0.15) is 5.54 Å². The SMILES string of the molecule is CCOC1CC(C(=O)N2CCC(C3(C)NC(=O)NC3=O)CC2)C1. The molecule has 4 amide bonds. The average molecular weight is 323 g/mol. The molecular weight excluding hydrogens is 298 g/mol. The highest BCUT2D eigenvalue weighted by atomic mass is 16.5. The number of nitrogens with one attached hydrogen (secondary N) is 2. The van der Waals surface area contributed by atoms with Gasteiger partial charge in [-0.25, -0.2) is 4.79 Å². The summed E-state index contributed by atoms with van der Waals surface area (Å²) in [7, 11) is 0. The van der Waals surface area contributed by atoms with Crippen molar-refractivity contribution in [3.05, 3.63) is 0 Å². The first-order chi connectivity index (χ1) is 10.9. The molecule has 1 aliphatic carbocycles. The van der Waals surface area contributed by atoms with Gasteiger partial charge in [-0.3, -0.25) is 14.9 Å². The molecule has 1 atom stereocenters. The largest absolute Gasteiger partial charge is 0.378 e. The van der Waals surface area contributed by atoms with Gasteiger partial charge in [0, 0.05) is 25.6 Å². The van der Waals surface area contributed by atoms with E-state index in [9.17, 15) is 14.4 Å². The molecule has 2 N–H and O–H groups in total. The lowest BCUT2D eigenvalue weighted by molar-refractivity contribution is -0.146. The molecule has 2 aliphatic heterocycles. The number of hydrogen-bond donors (Lipinski definition) is 2. The summed E-state index contributed by atoms with van der Waals surface area (Å²) in [5, 5.41) is 5.05. The van der Waals surface area contributed by atoms with Crippen LogP contribution in [0.1, 0.15) is 39.5 Å². The van der Waals surface area contributed by atoms with E-state index in [1.54, 1.807) is 6.92 Å². The number of imide groups is 1. The Bertz CT molecular complexity index is 509. The number of hydrogen-bond acceptors (Lipinski definition) is 4. The van der Waals surface area contributed by atoms with Crippen molar-refractivity contribution in [2.45, 2.75) is 51.2 Å². The van der Waals surface area contributed by atoms with Crippen LogP contribution in [0.15, 0.2) is 0 Å². The van der Waals surface area contributed by atoms with Gasteiger partial charge in [-0.1, -0.05) is 0 Å². The summed E-state index contributed by atoms with van der Waals surface area (Å²) >= 11 is 0. The number of urea groups is 1. The second kappa shape index (κ2) is 6.11. The predicted octanol–water partition coefficient (Wildman–Crippen LogP) is 0.638. The predicted molar refractivity (Wildman–Crippen MR) is 82.5 cm³/mol. The molecule has 7 nitrogen and oxygen atoms in total. The number of ether oxygens (including phenoxy) is 1. The first kappa shape index (κ1) is 16.2. The van der Waals surface area contributed by atoms with Crippen molar-refractivity contribution in [2.24, 2.45) is 11.8 Å². The summed E-state index contributed by atoms with van der Waals surface area (Å²) in [6, 6.07) is -0.424. The number of amides is 4. The van der Waals surface area contributed by atoms with Crippen LogP contribution in [0, 0.1) is 11.8 Å². The van der Waals surface area contributed by atoms with Gasteiger partial charge >= 0.3 is 6.03 Å². The van der Waals surface area contributed by atoms with E-state index in [-0.39, 0.29) is 29.8 Å². The van der Waals surface area contributed by atoms with Crippen LogP contribution in [-0.4, -0.2) is 54.1 Å². The van der Waals surface area contributed by atoms with E-state index in [4.69, 9.17) is 4.74 Å². The fourth-order valence-electron chi connectivity index (χ4n) is 3.92. The molecule has 0 radical (unpaired) electrons. The quantitative estimate of drug-likeness (QED) is 0.743. The van der Waals surface area contributed by atoms with Crippen LogP contribution in [-0.2, 0) is 14.3 Å². The molecule has 3 rings (SSSR count). The third kappa shape index (κ3) is 2.94. The molecule has 0 aromatic heterocycles. The maximum atomic E-state index is 12.5. The Labute approximate surface area is 136 Å². The van der Waals surface area contributed by atoms with Gasteiger partial charge in [-0.2, -0.15) is 0 Å². The standard InChI is InChI=1S/C16H25N3O4/c1-3-23-12-8-10(9-12)13(20)19-6-4-11(5-7-19)16(2)14(21)17-15(22)18-16/h10-12H,3-9H2,1-2H3,(H2,17,18,21,22). The lowest BCUT2D eigenvalue weighted by Gasteiger charge is -2.42. The van der Waals surface area contributed by atoms with E-state index < -0.39 is 11.6 Å². The van der Waals surface area contributed by atoms with Gasteiger partial charge in [0.25, 0.3) is 5.91 Å². The molecular formula is C16H25N3O4. The summed E-state index contributed by atoms with van der Waals surface area (Å²) in [4.78, 5) is 37.8. The summed E-state index contributed by atoms with van der Waals surface area (Å²) in [6.07, 6.45) is 3.35. The molecule has 0 aromatic carbocycles. The smallest absolute Gasteiger partial charge is 0.322 e. The Kier molecular flexibility index (Phi) is 4.31. The zero-order valence-electron chi connectivity index (χ0n) is 13.8. The molecule has 0 spiro atoms. The third-order valence-electron chi connectivity index (χ3n) is 5.54. The second-order valence-corrected chi connectivity index (χ2v) is 6.96. The topological polar surface area (TPSA) is 87.7 Å². The van der Waals surface area contributed by atoms with Crippen molar-refractivity contribution in [1.29, 1.82) is 0 Å². The summed E-state index contributed by atoms with van der Waals surface area (Å²) < 4.78 is 5.51.